The highest BCUT2D eigenvalue weighted by Gasteiger charge is 3.05. The standard InChI is InChI=1S/C8F15/c9-1(10)2(11,12)3(13)4(14,15)6(18,19)8(22,23)7(20,21)5(3,16)17. The zero-order valence-corrected chi connectivity index (χ0v) is 9.67. The average Bonchev–Trinajstić information content (AvgIpc) is 2.34. The number of alkyl halides is 13. The van der Waals surface area contributed by atoms with Crippen LogP contribution < -0.4 is 0 Å². The van der Waals surface area contributed by atoms with E-state index in [0.717, 1.165) is 0 Å². The molecule has 0 N–H and O–H groups in total. The van der Waals surface area contributed by atoms with Gasteiger partial charge in [-0.2, -0.15) is 61.5 Å². The van der Waals surface area contributed by atoms with Crippen LogP contribution in [0.15, 0.2) is 0 Å². The zero-order chi connectivity index (χ0) is 19.1. The van der Waals surface area contributed by atoms with E-state index in [2.05, 4.69) is 0 Å². The van der Waals surface area contributed by atoms with Crippen molar-refractivity contribution in [3.8, 4) is 0 Å². The van der Waals surface area contributed by atoms with Crippen LogP contribution in [0.4, 0.5) is 65.9 Å². The van der Waals surface area contributed by atoms with Gasteiger partial charge in [0.15, 0.2) is 0 Å². The fourth-order valence-corrected chi connectivity index (χ4v) is 1.75. The second-order valence-corrected chi connectivity index (χ2v) is 4.37. The summed E-state index contributed by atoms with van der Waals surface area (Å²) in [7, 11) is 0. The lowest BCUT2D eigenvalue weighted by Gasteiger charge is -2.53. The molecule has 1 fully saturated rings. The van der Waals surface area contributed by atoms with Crippen LogP contribution in [0.1, 0.15) is 0 Å². The Kier molecular flexibility index (Phi) is 3.75. The van der Waals surface area contributed by atoms with Crippen LogP contribution in [0.3, 0.4) is 0 Å². The molecule has 0 aromatic rings. The molecule has 0 unspecified atom stereocenters. The van der Waals surface area contributed by atoms with Crippen LogP contribution in [0.2, 0.25) is 0 Å². The van der Waals surface area contributed by atoms with Crippen LogP contribution >= 0.6 is 0 Å². The summed E-state index contributed by atoms with van der Waals surface area (Å²) in [4.78, 5) is 0. The summed E-state index contributed by atoms with van der Waals surface area (Å²) in [5, 5.41) is 0. The van der Waals surface area contributed by atoms with Gasteiger partial charge < -0.3 is 0 Å². The molecule has 0 saturated heterocycles. The van der Waals surface area contributed by atoms with Crippen molar-refractivity contribution in [2.24, 2.45) is 0 Å². The van der Waals surface area contributed by atoms with Gasteiger partial charge in [-0.25, -0.2) is 4.39 Å². The third-order valence-electron chi connectivity index (χ3n) is 3.11. The summed E-state index contributed by atoms with van der Waals surface area (Å²) in [6.45, 7) is 0. The lowest BCUT2D eigenvalue weighted by molar-refractivity contribution is -0.506. The van der Waals surface area contributed by atoms with Crippen molar-refractivity contribution in [3.05, 3.63) is 6.43 Å². The molecule has 15 heteroatoms. The Labute approximate surface area is 115 Å². The predicted molar refractivity (Wildman–Crippen MR) is 39.0 cm³/mol. The second-order valence-electron chi connectivity index (χ2n) is 4.37. The Morgan fingerprint density at radius 3 is 0.913 bits per heavy atom. The third-order valence-corrected chi connectivity index (χ3v) is 3.11. The summed E-state index contributed by atoms with van der Waals surface area (Å²) >= 11 is 0. The van der Waals surface area contributed by atoms with Gasteiger partial charge in [-0.3, -0.25) is 0 Å². The highest BCUT2D eigenvalue weighted by atomic mass is 19.4. The molecule has 0 aliphatic heterocycles. The Morgan fingerprint density at radius 1 is 0.478 bits per heavy atom. The van der Waals surface area contributed by atoms with Crippen LogP contribution in [-0.2, 0) is 0 Å². The van der Waals surface area contributed by atoms with Crippen molar-refractivity contribution in [1.29, 1.82) is 0 Å². The zero-order valence-electron chi connectivity index (χ0n) is 9.67. The minimum absolute atomic E-state index is 5.03. The SMILES string of the molecule is F[C](F)C(F)(F)C1(F)C(F)(F)C(F)(F)C(F)(F)C(F)(F)C1(F)F. The lowest BCUT2D eigenvalue weighted by atomic mass is 9.69. The molecule has 1 rings (SSSR count). The smallest absolute Gasteiger partial charge is 0.223 e. The summed E-state index contributed by atoms with van der Waals surface area (Å²) in [5.74, 6) is -47.1. The van der Waals surface area contributed by atoms with Gasteiger partial charge in [0.05, 0.1) is 0 Å². The molecule has 0 amide bonds. The van der Waals surface area contributed by atoms with Gasteiger partial charge in [-0.05, 0) is 0 Å². The molecule has 137 valence electrons. The predicted octanol–water partition coefficient (Wildman–Crippen LogP) is 4.95. The minimum Gasteiger partial charge on any atom is -0.223 e. The second kappa shape index (κ2) is 4.32. The topological polar surface area (TPSA) is 0 Å². The summed E-state index contributed by atoms with van der Waals surface area (Å²) in [6, 6.07) is 0. The van der Waals surface area contributed by atoms with E-state index in [1.807, 2.05) is 0 Å². The Hall–Kier alpha value is -1.05. The van der Waals surface area contributed by atoms with E-state index >= 15 is 0 Å². The fraction of sp³-hybridized carbons (Fsp3) is 0.875. The van der Waals surface area contributed by atoms with E-state index in [0.29, 0.717) is 0 Å². The lowest BCUT2D eigenvalue weighted by Crippen LogP contribution is -2.87. The summed E-state index contributed by atoms with van der Waals surface area (Å²) in [5.41, 5.74) is -8.06. The van der Waals surface area contributed by atoms with Gasteiger partial charge in [0.2, 0.25) is 0 Å². The normalized spacial score (nSPS) is 30.3. The van der Waals surface area contributed by atoms with Crippen LogP contribution in [0.5, 0.6) is 0 Å². The number of halogens is 15. The highest BCUT2D eigenvalue weighted by Crippen LogP contribution is 2.73. The van der Waals surface area contributed by atoms with Crippen molar-refractivity contribution >= 4 is 0 Å². The van der Waals surface area contributed by atoms with Gasteiger partial charge in [-0.15, -0.1) is 0 Å². The summed E-state index contributed by atoms with van der Waals surface area (Å²) < 4.78 is 191. The maximum absolute atomic E-state index is 13.4. The quantitative estimate of drug-likeness (QED) is 0.594. The number of rotatable bonds is 2. The first-order valence-corrected chi connectivity index (χ1v) is 4.83. The van der Waals surface area contributed by atoms with Gasteiger partial charge in [-0.1, -0.05) is 0 Å². The van der Waals surface area contributed by atoms with Gasteiger partial charge in [0.1, 0.15) is 0 Å². The van der Waals surface area contributed by atoms with E-state index in [1.54, 1.807) is 0 Å². The van der Waals surface area contributed by atoms with Crippen LogP contribution in [0, 0.1) is 6.43 Å². The van der Waals surface area contributed by atoms with Gasteiger partial charge >= 0.3 is 47.6 Å². The molecular weight excluding hydrogens is 381 g/mol. The first-order chi connectivity index (χ1) is 9.69. The maximum Gasteiger partial charge on any atom is 0.384 e. The molecular formula is C8F15. The first-order valence-electron chi connectivity index (χ1n) is 4.83. The molecule has 0 bridgehead atoms. The van der Waals surface area contributed by atoms with E-state index < -0.39 is 47.6 Å². The largest absolute Gasteiger partial charge is 0.384 e. The number of hydrogen-bond acceptors (Lipinski definition) is 0. The molecule has 0 spiro atoms. The van der Waals surface area contributed by atoms with Crippen molar-refractivity contribution < 1.29 is 65.9 Å². The highest BCUT2D eigenvalue weighted by molar-refractivity contribution is 5.31. The third kappa shape index (κ3) is 1.63. The van der Waals surface area contributed by atoms with Crippen LogP contribution in [-0.4, -0.2) is 41.2 Å². The van der Waals surface area contributed by atoms with E-state index in [9.17, 15) is 65.9 Å². The summed E-state index contributed by atoms with van der Waals surface area (Å²) in [6.07, 6.45) is -5.03. The van der Waals surface area contributed by atoms with Crippen molar-refractivity contribution in [2.45, 2.75) is 41.2 Å². The molecule has 1 saturated carbocycles. The minimum atomic E-state index is -8.06. The fourth-order valence-electron chi connectivity index (χ4n) is 1.75. The Morgan fingerprint density at radius 2 is 0.696 bits per heavy atom. The first kappa shape index (κ1) is 20.0. The van der Waals surface area contributed by atoms with E-state index in [4.69, 9.17) is 0 Å². The number of hydrogen-bond donors (Lipinski definition) is 0. The molecule has 0 aromatic carbocycles. The molecule has 1 aliphatic carbocycles. The van der Waals surface area contributed by atoms with Crippen molar-refractivity contribution in [3.63, 3.8) is 0 Å². The average molecular weight is 381 g/mol. The monoisotopic (exact) mass is 381 g/mol. The molecule has 0 aromatic heterocycles. The molecule has 1 radical (unpaired) electrons. The molecule has 23 heavy (non-hydrogen) atoms. The van der Waals surface area contributed by atoms with Gasteiger partial charge in [0, 0.05) is 0 Å². The van der Waals surface area contributed by atoms with E-state index in [1.165, 1.54) is 0 Å². The molecule has 0 heterocycles. The molecule has 1 aliphatic rings. The molecule has 0 nitrogen and oxygen atoms in total. The van der Waals surface area contributed by atoms with Gasteiger partial charge in [0.25, 0.3) is 0 Å². The van der Waals surface area contributed by atoms with Crippen LogP contribution in [0.25, 0.3) is 0 Å². The van der Waals surface area contributed by atoms with Crippen molar-refractivity contribution in [2.75, 3.05) is 0 Å². The Bertz CT molecular complexity index is 458. The van der Waals surface area contributed by atoms with Crippen molar-refractivity contribution in [1.82, 2.24) is 0 Å². The van der Waals surface area contributed by atoms with E-state index in [-0.39, 0.29) is 0 Å². The maximum atomic E-state index is 13.4. The Balaban J connectivity index is 3.98. The molecule has 0 atom stereocenters.